The van der Waals surface area contributed by atoms with Crippen molar-refractivity contribution in [2.45, 2.75) is 52.0 Å². The van der Waals surface area contributed by atoms with Crippen LogP contribution in [-0.4, -0.2) is 43.6 Å². The summed E-state index contributed by atoms with van der Waals surface area (Å²) in [6.07, 6.45) is 3.88. The Morgan fingerprint density at radius 3 is 2.65 bits per heavy atom. The first-order chi connectivity index (χ1) is 7.90. The quantitative estimate of drug-likeness (QED) is 0.783. The fraction of sp³-hybridized carbons (Fsp3) is 1.00. The van der Waals surface area contributed by atoms with Gasteiger partial charge in [-0.05, 0) is 33.2 Å². The Kier molecular flexibility index (Phi) is 5.41. The Morgan fingerprint density at radius 1 is 1.29 bits per heavy atom. The smallest absolute Gasteiger partial charge is 0.214 e. The molecule has 4 nitrogen and oxygen atoms in total. The van der Waals surface area contributed by atoms with Gasteiger partial charge < -0.3 is 5.32 Å². The van der Waals surface area contributed by atoms with Crippen LogP contribution in [0.1, 0.15) is 46.5 Å². The maximum atomic E-state index is 12.3. The molecular weight excluding hydrogens is 236 g/mol. The van der Waals surface area contributed by atoms with Gasteiger partial charge in [0.15, 0.2) is 0 Å². The summed E-state index contributed by atoms with van der Waals surface area (Å²) in [5.41, 5.74) is -0.313. The lowest BCUT2D eigenvalue weighted by Crippen LogP contribution is -2.55. The Hall–Kier alpha value is -0.130. The second-order valence-electron chi connectivity index (χ2n) is 5.44. The van der Waals surface area contributed by atoms with Crippen LogP contribution in [0.2, 0.25) is 0 Å². The molecule has 1 saturated heterocycles. The van der Waals surface area contributed by atoms with Crippen molar-refractivity contribution in [2.75, 3.05) is 25.4 Å². The molecule has 0 aromatic carbocycles. The SMILES string of the molecule is CCCCCN1C(C)(C)CNCCCS1(=O)=O. The van der Waals surface area contributed by atoms with Crippen LogP contribution in [0.15, 0.2) is 0 Å². The van der Waals surface area contributed by atoms with E-state index in [4.69, 9.17) is 0 Å². The van der Waals surface area contributed by atoms with Gasteiger partial charge in [-0.15, -0.1) is 0 Å². The first-order valence-corrected chi connectivity index (χ1v) is 8.22. The molecule has 0 aromatic rings. The van der Waals surface area contributed by atoms with E-state index in [2.05, 4.69) is 12.2 Å². The maximum Gasteiger partial charge on any atom is 0.214 e. The molecule has 0 saturated carbocycles. The van der Waals surface area contributed by atoms with E-state index < -0.39 is 10.0 Å². The largest absolute Gasteiger partial charge is 0.315 e. The van der Waals surface area contributed by atoms with Gasteiger partial charge in [-0.3, -0.25) is 0 Å². The minimum absolute atomic E-state index is 0.273. The zero-order valence-electron chi connectivity index (χ0n) is 11.3. The van der Waals surface area contributed by atoms with Gasteiger partial charge in [0.25, 0.3) is 0 Å². The van der Waals surface area contributed by atoms with Gasteiger partial charge in [0.1, 0.15) is 0 Å². The number of unbranched alkanes of at least 4 members (excludes halogenated alkanes) is 2. The van der Waals surface area contributed by atoms with Crippen molar-refractivity contribution in [1.82, 2.24) is 9.62 Å². The van der Waals surface area contributed by atoms with E-state index in [-0.39, 0.29) is 11.3 Å². The van der Waals surface area contributed by atoms with Gasteiger partial charge in [-0.2, -0.15) is 4.31 Å². The molecule has 102 valence electrons. The molecule has 1 heterocycles. The Labute approximate surface area is 106 Å². The molecule has 1 N–H and O–H groups in total. The summed E-state index contributed by atoms with van der Waals surface area (Å²) in [6.45, 7) is 8.34. The van der Waals surface area contributed by atoms with Crippen LogP contribution in [-0.2, 0) is 10.0 Å². The molecule has 0 aromatic heterocycles. The van der Waals surface area contributed by atoms with Crippen molar-refractivity contribution in [1.29, 1.82) is 0 Å². The van der Waals surface area contributed by atoms with E-state index in [9.17, 15) is 8.42 Å². The average Bonchev–Trinajstić information content (AvgIpc) is 2.21. The minimum Gasteiger partial charge on any atom is -0.315 e. The van der Waals surface area contributed by atoms with Crippen molar-refractivity contribution in [3.8, 4) is 0 Å². The maximum absolute atomic E-state index is 12.3. The summed E-state index contributed by atoms with van der Waals surface area (Å²) in [7, 11) is -3.08. The number of sulfonamides is 1. The molecular formula is C12H26N2O2S. The molecule has 5 heteroatoms. The fourth-order valence-electron chi connectivity index (χ4n) is 2.30. The average molecular weight is 262 g/mol. The zero-order chi connectivity index (χ0) is 12.9. The lowest BCUT2D eigenvalue weighted by Gasteiger charge is -2.39. The van der Waals surface area contributed by atoms with Crippen LogP contribution in [0.25, 0.3) is 0 Å². The van der Waals surface area contributed by atoms with Crippen molar-refractivity contribution < 1.29 is 8.42 Å². The van der Waals surface area contributed by atoms with Crippen LogP contribution in [0.4, 0.5) is 0 Å². The van der Waals surface area contributed by atoms with Crippen LogP contribution in [0, 0.1) is 0 Å². The van der Waals surface area contributed by atoms with Crippen molar-refractivity contribution in [3.05, 3.63) is 0 Å². The Morgan fingerprint density at radius 2 is 2.00 bits per heavy atom. The van der Waals surface area contributed by atoms with Gasteiger partial charge in [0.05, 0.1) is 5.75 Å². The Balaban J connectivity index is 2.80. The summed E-state index contributed by atoms with van der Waals surface area (Å²) in [4.78, 5) is 0. The highest BCUT2D eigenvalue weighted by atomic mass is 32.2. The van der Waals surface area contributed by atoms with E-state index in [0.29, 0.717) is 13.0 Å². The standard InChI is InChI=1S/C12H26N2O2S/c1-4-5-6-9-14-12(2,3)11-13-8-7-10-17(14,15)16/h13H,4-11H2,1-3H3. The van der Waals surface area contributed by atoms with Crippen molar-refractivity contribution >= 4 is 10.0 Å². The van der Waals surface area contributed by atoms with Crippen molar-refractivity contribution in [2.24, 2.45) is 0 Å². The van der Waals surface area contributed by atoms with Crippen LogP contribution in [0.3, 0.4) is 0 Å². The fourth-order valence-corrected chi connectivity index (χ4v) is 4.25. The highest BCUT2D eigenvalue weighted by molar-refractivity contribution is 7.89. The number of hydrogen-bond donors (Lipinski definition) is 1. The number of rotatable bonds is 4. The van der Waals surface area contributed by atoms with Crippen molar-refractivity contribution in [3.63, 3.8) is 0 Å². The number of nitrogens with zero attached hydrogens (tertiary/aromatic N) is 1. The van der Waals surface area contributed by atoms with E-state index in [1.54, 1.807) is 4.31 Å². The molecule has 1 fully saturated rings. The molecule has 0 aliphatic carbocycles. The highest BCUT2D eigenvalue weighted by Gasteiger charge is 2.36. The summed E-state index contributed by atoms with van der Waals surface area (Å²) in [6, 6.07) is 0. The summed E-state index contributed by atoms with van der Waals surface area (Å²) >= 11 is 0. The van der Waals surface area contributed by atoms with E-state index in [1.165, 1.54) is 0 Å². The topological polar surface area (TPSA) is 49.4 Å². The van der Waals surface area contributed by atoms with Crippen LogP contribution < -0.4 is 5.32 Å². The third kappa shape index (κ3) is 4.23. The van der Waals surface area contributed by atoms with E-state index in [1.807, 2.05) is 13.8 Å². The second-order valence-corrected chi connectivity index (χ2v) is 7.45. The van der Waals surface area contributed by atoms with Crippen LogP contribution in [0.5, 0.6) is 0 Å². The second kappa shape index (κ2) is 6.16. The monoisotopic (exact) mass is 262 g/mol. The van der Waals surface area contributed by atoms with E-state index in [0.717, 1.165) is 32.4 Å². The summed E-state index contributed by atoms with van der Waals surface area (Å²) < 4.78 is 26.2. The molecule has 1 aliphatic rings. The predicted molar refractivity (Wildman–Crippen MR) is 71.6 cm³/mol. The van der Waals surface area contributed by atoms with Gasteiger partial charge in [-0.25, -0.2) is 8.42 Å². The van der Waals surface area contributed by atoms with Gasteiger partial charge in [0, 0.05) is 18.6 Å². The minimum atomic E-state index is -3.08. The molecule has 0 bridgehead atoms. The van der Waals surface area contributed by atoms with E-state index >= 15 is 0 Å². The first-order valence-electron chi connectivity index (χ1n) is 6.61. The molecule has 1 rings (SSSR count). The third-order valence-electron chi connectivity index (χ3n) is 3.29. The van der Waals surface area contributed by atoms with Gasteiger partial charge in [-0.1, -0.05) is 19.8 Å². The summed E-state index contributed by atoms with van der Waals surface area (Å²) in [5.74, 6) is 0.273. The Bertz CT molecular complexity index is 325. The third-order valence-corrected chi connectivity index (χ3v) is 5.44. The number of nitrogens with one attached hydrogen (secondary N) is 1. The summed E-state index contributed by atoms with van der Waals surface area (Å²) in [5, 5.41) is 3.33. The van der Waals surface area contributed by atoms with Crippen LogP contribution >= 0.6 is 0 Å². The molecule has 0 atom stereocenters. The molecule has 0 spiro atoms. The zero-order valence-corrected chi connectivity index (χ0v) is 12.1. The molecule has 0 radical (unpaired) electrons. The first kappa shape index (κ1) is 14.9. The van der Waals surface area contributed by atoms with Gasteiger partial charge >= 0.3 is 0 Å². The molecule has 0 unspecified atom stereocenters. The normalized spacial score (nSPS) is 25.1. The highest BCUT2D eigenvalue weighted by Crippen LogP contribution is 2.21. The molecule has 1 aliphatic heterocycles. The van der Waals surface area contributed by atoms with Gasteiger partial charge in [0.2, 0.25) is 10.0 Å². The predicted octanol–water partition coefficient (Wildman–Crippen LogP) is 1.58. The lowest BCUT2D eigenvalue weighted by molar-refractivity contribution is 0.212. The molecule has 0 amide bonds. The number of hydrogen-bond acceptors (Lipinski definition) is 3. The molecule has 17 heavy (non-hydrogen) atoms. The lowest BCUT2D eigenvalue weighted by atomic mass is 10.1.